The lowest BCUT2D eigenvalue weighted by Crippen LogP contribution is -2.28. The van der Waals surface area contributed by atoms with E-state index in [4.69, 9.17) is 10.5 Å². The molecule has 0 aliphatic carbocycles. The van der Waals surface area contributed by atoms with Crippen molar-refractivity contribution in [3.8, 4) is 16.9 Å². The van der Waals surface area contributed by atoms with Crippen molar-refractivity contribution < 1.29 is 9.53 Å². The second kappa shape index (κ2) is 7.51. The van der Waals surface area contributed by atoms with Crippen LogP contribution in [-0.2, 0) is 11.2 Å². The van der Waals surface area contributed by atoms with Gasteiger partial charge in [0.2, 0.25) is 0 Å². The van der Waals surface area contributed by atoms with E-state index in [1.165, 1.54) is 0 Å². The van der Waals surface area contributed by atoms with Crippen LogP contribution < -0.4 is 10.5 Å². The highest BCUT2D eigenvalue weighted by molar-refractivity contribution is 6.10. The minimum Gasteiger partial charge on any atom is -0.497 e. The summed E-state index contributed by atoms with van der Waals surface area (Å²) in [7, 11) is 1.66. The van der Waals surface area contributed by atoms with E-state index in [9.17, 15) is 4.79 Å². The van der Waals surface area contributed by atoms with Crippen LogP contribution in [0.1, 0.15) is 25.3 Å². The molecule has 0 radical (unpaired) electrons. The van der Waals surface area contributed by atoms with Gasteiger partial charge in [0.25, 0.3) is 0 Å². The largest absolute Gasteiger partial charge is 0.497 e. The number of nitrogens with two attached hydrogens (primary N) is 1. The minimum absolute atomic E-state index is 0.158. The molecule has 2 aromatic carbocycles. The summed E-state index contributed by atoms with van der Waals surface area (Å²) < 4.78 is 5.30. The van der Waals surface area contributed by atoms with Crippen LogP contribution in [-0.4, -0.2) is 24.8 Å². The van der Waals surface area contributed by atoms with Crippen LogP contribution in [0, 0.1) is 5.92 Å². The summed E-state index contributed by atoms with van der Waals surface area (Å²) in [6.07, 6.45) is 2.32. The Kier molecular flexibility index (Phi) is 5.17. The van der Waals surface area contributed by atoms with Crippen LogP contribution in [0.5, 0.6) is 5.75 Å². The highest BCUT2D eigenvalue weighted by Gasteiger charge is 2.35. The van der Waals surface area contributed by atoms with Crippen molar-refractivity contribution in [2.75, 3.05) is 7.11 Å². The normalized spacial score (nSPS) is 19.8. The fourth-order valence-corrected chi connectivity index (χ4v) is 3.34. The van der Waals surface area contributed by atoms with E-state index >= 15 is 0 Å². The summed E-state index contributed by atoms with van der Waals surface area (Å²) >= 11 is 0. The molecule has 0 saturated carbocycles. The number of carbonyl (C=O) groups is 1. The number of ether oxygens (including phenoxy) is 1. The number of methoxy groups -OCH3 is 1. The number of benzene rings is 2. The third kappa shape index (κ3) is 3.73. The van der Waals surface area contributed by atoms with Gasteiger partial charge in [-0.3, -0.25) is 9.79 Å². The van der Waals surface area contributed by atoms with Gasteiger partial charge in [-0.25, -0.2) is 0 Å². The number of ketones is 1. The molecule has 1 aliphatic rings. The van der Waals surface area contributed by atoms with Gasteiger partial charge < -0.3 is 10.5 Å². The Morgan fingerprint density at radius 1 is 1.12 bits per heavy atom. The molecule has 3 rings (SSSR count). The molecule has 25 heavy (non-hydrogen) atoms. The number of hydrogen-bond donors (Lipinski definition) is 1. The van der Waals surface area contributed by atoms with E-state index in [0.29, 0.717) is 12.3 Å². The zero-order chi connectivity index (χ0) is 17.8. The van der Waals surface area contributed by atoms with Crippen LogP contribution in [0.15, 0.2) is 53.5 Å². The Morgan fingerprint density at radius 2 is 1.84 bits per heavy atom. The van der Waals surface area contributed by atoms with Crippen LogP contribution in [0.25, 0.3) is 11.1 Å². The maximum Gasteiger partial charge on any atom is 0.168 e. The van der Waals surface area contributed by atoms with E-state index in [2.05, 4.69) is 30.1 Å². The monoisotopic (exact) mass is 336 g/mol. The van der Waals surface area contributed by atoms with Crippen molar-refractivity contribution in [2.24, 2.45) is 16.6 Å². The number of aliphatic imine (C=N–C) groups is 1. The summed E-state index contributed by atoms with van der Waals surface area (Å²) in [6.45, 7) is 2.06. The van der Waals surface area contributed by atoms with Crippen LogP contribution in [0.2, 0.25) is 0 Å². The first-order valence-corrected chi connectivity index (χ1v) is 8.72. The molecule has 1 aliphatic heterocycles. The first kappa shape index (κ1) is 17.2. The zero-order valence-electron chi connectivity index (χ0n) is 14.7. The second-order valence-electron chi connectivity index (χ2n) is 6.45. The number of hydrogen-bond acceptors (Lipinski definition) is 4. The van der Waals surface area contributed by atoms with Crippen LogP contribution in [0.3, 0.4) is 0 Å². The third-order valence-corrected chi connectivity index (χ3v) is 4.67. The SMILES string of the molecule is CCCC1C(=O)C(Cc2cccc(-c3cccc(OC)c3)c2)N=C1N. The fraction of sp³-hybridized carbons (Fsp3) is 0.333. The summed E-state index contributed by atoms with van der Waals surface area (Å²) in [5.74, 6) is 1.29. The highest BCUT2D eigenvalue weighted by atomic mass is 16.5. The highest BCUT2D eigenvalue weighted by Crippen LogP contribution is 2.27. The first-order chi connectivity index (χ1) is 12.1. The van der Waals surface area contributed by atoms with Gasteiger partial charge in [-0.2, -0.15) is 0 Å². The van der Waals surface area contributed by atoms with Crippen molar-refractivity contribution in [2.45, 2.75) is 32.2 Å². The summed E-state index contributed by atoms with van der Waals surface area (Å²) in [5.41, 5.74) is 9.25. The maximum absolute atomic E-state index is 12.5. The topological polar surface area (TPSA) is 64.7 Å². The summed E-state index contributed by atoms with van der Waals surface area (Å²) in [6, 6.07) is 15.8. The van der Waals surface area contributed by atoms with Crippen molar-refractivity contribution in [3.63, 3.8) is 0 Å². The van der Waals surface area contributed by atoms with E-state index in [-0.39, 0.29) is 17.7 Å². The Balaban J connectivity index is 1.80. The molecular weight excluding hydrogens is 312 g/mol. The maximum atomic E-state index is 12.5. The molecule has 0 fully saturated rings. The van der Waals surface area contributed by atoms with E-state index in [1.54, 1.807) is 7.11 Å². The quantitative estimate of drug-likeness (QED) is 0.876. The molecule has 2 atom stereocenters. The minimum atomic E-state index is -0.350. The van der Waals surface area contributed by atoms with Gasteiger partial charge in [0.15, 0.2) is 5.78 Å². The number of carbonyl (C=O) groups excluding carboxylic acids is 1. The zero-order valence-corrected chi connectivity index (χ0v) is 14.7. The molecule has 130 valence electrons. The van der Waals surface area contributed by atoms with Crippen molar-refractivity contribution in [3.05, 3.63) is 54.1 Å². The van der Waals surface area contributed by atoms with Crippen molar-refractivity contribution in [1.82, 2.24) is 0 Å². The lowest BCUT2D eigenvalue weighted by molar-refractivity contribution is -0.121. The summed E-state index contributed by atoms with van der Waals surface area (Å²) in [5, 5.41) is 0. The average molecular weight is 336 g/mol. The van der Waals surface area contributed by atoms with E-state index < -0.39 is 0 Å². The van der Waals surface area contributed by atoms with Gasteiger partial charge in [0.05, 0.1) is 13.0 Å². The fourth-order valence-electron chi connectivity index (χ4n) is 3.34. The molecule has 1 heterocycles. The van der Waals surface area contributed by atoms with Gasteiger partial charge in [0, 0.05) is 6.42 Å². The lowest BCUT2D eigenvalue weighted by atomic mass is 9.92. The smallest absolute Gasteiger partial charge is 0.168 e. The van der Waals surface area contributed by atoms with Crippen molar-refractivity contribution >= 4 is 11.6 Å². The predicted octanol–water partition coefficient (Wildman–Crippen LogP) is 3.63. The van der Waals surface area contributed by atoms with Gasteiger partial charge in [0.1, 0.15) is 17.6 Å². The third-order valence-electron chi connectivity index (χ3n) is 4.67. The molecule has 0 amide bonds. The number of rotatable bonds is 6. The summed E-state index contributed by atoms with van der Waals surface area (Å²) in [4.78, 5) is 17.0. The predicted molar refractivity (Wildman–Crippen MR) is 101 cm³/mol. The van der Waals surface area contributed by atoms with Gasteiger partial charge in [-0.1, -0.05) is 49.7 Å². The van der Waals surface area contributed by atoms with E-state index in [0.717, 1.165) is 35.3 Å². The average Bonchev–Trinajstić information content (AvgIpc) is 2.90. The molecule has 0 aromatic heterocycles. The molecule has 4 heteroatoms. The molecule has 0 spiro atoms. The molecule has 4 nitrogen and oxygen atoms in total. The Labute approximate surface area is 148 Å². The van der Waals surface area contributed by atoms with Crippen molar-refractivity contribution in [1.29, 1.82) is 0 Å². The number of Topliss-reactive ketones (excluding diaryl/α,β-unsaturated/α-hetero) is 1. The molecule has 2 N–H and O–H groups in total. The van der Waals surface area contributed by atoms with Gasteiger partial charge in [-0.15, -0.1) is 0 Å². The number of amidine groups is 1. The lowest BCUT2D eigenvalue weighted by Gasteiger charge is -2.11. The first-order valence-electron chi connectivity index (χ1n) is 8.72. The Morgan fingerprint density at radius 3 is 2.56 bits per heavy atom. The van der Waals surface area contributed by atoms with E-state index in [1.807, 2.05) is 30.3 Å². The molecule has 0 saturated heterocycles. The van der Waals surface area contributed by atoms with Gasteiger partial charge >= 0.3 is 0 Å². The number of nitrogens with zero attached hydrogens (tertiary/aromatic N) is 1. The van der Waals surface area contributed by atoms with Gasteiger partial charge in [-0.05, 0) is 35.2 Å². The molecular formula is C21H24N2O2. The Bertz CT molecular complexity index is 798. The van der Waals surface area contributed by atoms with Crippen LogP contribution >= 0.6 is 0 Å². The second-order valence-corrected chi connectivity index (χ2v) is 6.45. The molecule has 0 bridgehead atoms. The van der Waals surface area contributed by atoms with Crippen LogP contribution in [0.4, 0.5) is 0 Å². The molecule has 2 aromatic rings. The molecule has 2 unspecified atom stereocenters. The standard InChI is InChI=1S/C21H24N2O2/c1-3-6-18-20(24)19(23-21(18)22)12-14-7-4-8-15(11-14)16-9-5-10-17(13-16)25-2/h4-5,7-11,13,18-19H,3,6,12H2,1-2H3,(H2,22,23). The Hall–Kier alpha value is -2.62.